The summed E-state index contributed by atoms with van der Waals surface area (Å²) in [6.45, 7) is 0.576. The van der Waals surface area contributed by atoms with Gasteiger partial charge in [0.2, 0.25) is 0 Å². The lowest BCUT2D eigenvalue weighted by molar-refractivity contribution is 0.0695. The van der Waals surface area contributed by atoms with E-state index in [9.17, 15) is 9.18 Å². The first kappa shape index (κ1) is 17.4. The molecule has 1 aromatic carbocycles. The van der Waals surface area contributed by atoms with Gasteiger partial charge in [0.25, 0.3) is 5.91 Å². The number of amides is 1. The molecule has 140 valence electrons. The van der Waals surface area contributed by atoms with Crippen LogP contribution in [0.25, 0.3) is 5.65 Å². The van der Waals surface area contributed by atoms with Crippen molar-refractivity contribution in [3.63, 3.8) is 0 Å². The summed E-state index contributed by atoms with van der Waals surface area (Å²) in [4.78, 5) is 20.7. The molecule has 28 heavy (non-hydrogen) atoms. The summed E-state index contributed by atoms with van der Waals surface area (Å²) in [5.41, 5.74) is 3.26. The lowest BCUT2D eigenvalue weighted by Crippen LogP contribution is -2.40. The molecule has 0 N–H and O–H groups in total. The number of halogens is 2. The lowest BCUT2D eigenvalue weighted by atomic mass is 9.92. The predicted molar refractivity (Wildman–Crippen MR) is 108 cm³/mol. The Morgan fingerprint density at radius 2 is 2.04 bits per heavy atom. The minimum atomic E-state index is -0.299. The van der Waals surface area contributed by atoms with E-state index >= 15 is 0 Å². The first-order chi connectivity index (χ1) is 13.6. The number of benzene rings is 1. The van der Waals surface area contributed by atoms with E-state index in [0.717, 1.165) is 23.2 Å². The summed E-state index contributed by atoms with van der Waals surface area (Å²) in [5, 5.41) is 0. The van der Waals surface area contributed by atoms with Crippen LogP contribution in [0.2, 0.25) is 4.34 Å². The quantitative estimate of drug-likeness (QED) is 0.466. The van der Waals surface area contributed by atoms with Crippen LogP contribution in [-0.2, 0) is 6.42 Å². The molecule has 3 aromatic heterocycles. The Balaban J connectivity index is 1.59. The lowest BCUT2D eigenvalue weighted by Gasteiger charge is -2.36. The van der Waals surface area contributed by atoms with Crippen molar-refractivity contribution in [3.05, 3.63) is 92.8 Å². The van der Waals surface area contributed by atoms with Crippen molar-refractivity contribution in [2.75, 3.05) is 6.54 Å². The highest BCUT2D eigenvalue weighted by Gasteiger charge is 2.34. The number of hydrogen-bond acceptors (Lipinski definition) is 3. The van der Waals surface area contributed by atoms with Crippen LogP contribution in [-0.4, -0.2) is 26.7 Å². The molecule has 0 fully saturated rings. The maximum Gasteiger partial charge on any atom is 0.256 e. The van der Waals surface area contributed by atoms with Gasteiger partial charge in [0, 0.05) is 30.0 Å². The minimum Gasteiger partial charge on any atom is -0.327 e. The first-order valence-corrected chi connectivity index (χ1v) is 10.1. The van der Waals surface area contributed by atoms with Crippen LogP contribution in [0, 0.1) is 5.82 Å². The first-order valence-electron chi connectivity index (χ1n) is 8.87. The van der Waals surface area contributed by atoms with Gasteiger partial charge >= 0.3 is 0 Å². The Labute approximate surface area is 169 Å². The number of nitrogens with zero attached hydrogens (tertiary/aromatic N) is 3. The molecule has 1 unspecified atom stereocenters. The molecule has 1 atom stereocenters. The number of hydrogen-bond donors (Lipinski definition) is 0. The molecule has 7 heteroatoms. The van der Waals surface area contributed by atoms with Gasteiger partial charge in [-0.3, -0.25) is 4.79 Å². The van der Waals surface area contributed by atoms with E-state index in [4.69, 9.17) is 11.6 Å². The molecule has 1 aliphatic heterocycles. The Morgan fingerprint density at radius 3 is 2.86 bits per heavy atom. The van der Waals surface area contributed by atoms with Gasteiger partial charge in [0.05, 0.1) is 15.9 Å². The van der Waals surface area contributed by atoms with E-state index in [2.05, 4.69) is 4.98 Å². The second-order valence-corrected chi connectivity index (χ2v) is 8.51. The molecular formula is C21H15ClFN3OS. The van der Waals surface area contributed by atoms with Gasteiger partial charge in [-0.05, 0) is 47.9 Å². The SMILES string of the molecule is O=C(c1ccc2nccn2c1)N1CCc2sc(Cl)cc2C1c1ccc(F)cc1. The molecule has 5 rings (SSSR count). The Morgan fingerprint density at radius 1 is 1.21 bits per heavy atom. The zero-order valence-electron chi connectivity index (χ0n) is 14.7. The highest BCUT2D eigenvalue weighted by molar-refractivity contribution is 7.16. The van der Waals surface area contributed by atoms with E-state index in [0.29, 0.717) is 16.4 Å². The van der Waals surface area contributed by atoms with Crippen molar-refractivity contribution < 1.29 is 9.18 Å². The van der Waals surface area contributed by atoms with E-state index in [1.807, 2.05) is 27.6 Å². The number of aromatic nitrogens is 2. The maximum absolute atomic E-state index is 13.5. The topological polar surface area (TPSA) is 37.6 Å². The number of thiophene rings is 1. The van der Waals surface area contributed by atoms with E-state index in [1.165, 1.54) is 17.0 Å². The number of fused-ring (bicyclic) bond motifs is 2. The van der Waals surface area contributed by atoms with Crippen molar-refractivity contribution >= 4 is 34.5 Å². The van der Waals surface area contributed by atoms with Crippen LogP contribution in [0.4, 0.5) is 4.39 Å². The van der Waals surface area contributed by atoms with Crippen LogP contribution in [0.1, 0.15) is 32.4 Å². The average Bonchev–Trinajstić information content (AvgIpc) is 3.32. The van der Waals surface area contributed by atoms with Gasteiger partial charge in [-0.2, -0.15) is 0 Å². The summed E-state index contributed by atoms with van der Waals surface area (Å²) in [6.07, 6.45) is 6.06. The van der Waals surface area contributed by atoms with E-state index < -0.39 is 0 Å². The van der Waals surface area contributed by atoms with E-state index in [-0.39, 0.29) is 17.8 Å². The second kappa shape index (κ2) is 6.72. The number of rotatable bonds is 2. The summed E-state index contributed by atoms with van der Waals surface area (Å²) in [5.74, 6) is -0.371. The minimum absolute atomic E-state index is 0.0714. The normalized spacial score (nSPS) is 16.4. The van der Waals surface area contributed by atoms with Crippen LogP contribution in [0.15, 0.2) is 61.1 Å². The molecule has 0 saturated carbocycles. The molecule has 0 saturated heterocycles. The fourth-order valence-electron chi connectivity index (χ4n) is 3.79. The van der Waals surface area contributed by atoms with Crippen LogP contribution in [0.3, 0.4) is 0 Å². The Bertz CT molecular complexity index is 1180. The van der Waals surface area contributed by atoms with Gasteiger partial charge < -0.3 is 9.30 Å². The molecule has 4 heterocycles. The third kappa shape index (κ3) is 2.89. The van der Waals surface area contributed by atoms with Gasteiger partial charge in [-0.25, -0.2) is 9.37 Å². The van der Waals surface area contributed by atoms with Crippen LogP contribution < -0.4 is 0 Å². The van der Waals surface area contributed by atoms with Crippen molar-refractivity contribution in [1.82, 2.24) is 14.3 Å². The number of imidazole rings is 1. The van der Waals surface area contributed by atoms with Crippen molar-refractivity contribution in [1.29, 1.82) is 0 Å². The van der Waals surface area contributed by atoms with Crippen LogP contribution >= 0.6 is 22.9 Å². The Kier molecular flexibility index (Phi) is 4.18. The zero-order valence-corrected chi connectivity index (χ0v) is 16.3. The van der Waals surface area contributed by atoms with Gasteiger partial charge in [-0.15, -0.1) is 11.3 Å². The smallest absolute Gasteiger partial charge is 0.256 e. The molecule has 0 radical (unpaired) electrons. The maximum atomic E-state index is 13.5. The van der Waals surface area contributed by atoms with Crippen molar-refractivity contribution in [2.24, 2.45) is 0 Å². The predicted octanol–water partition coefficient (Wildman–Crippen LogP) is 4.98. The number of pyridine rings is 1. The second-order valence-electron chi connectivity index (χ2n) is 6.74. The third-order valence-electron chi connectivity index (χ3n) is 5.08. The molecular weight excluding hydrogens is 397 g/mol. The highest BCUT2D eigenvalue weighted by atomic mass is 35.5. The Hall–Kier alpha value is -2.70. The summed E-state index contributed by atoms with van der Waals surface area (Å²) >= 11 is 7.82. The third-order valence-corrected chi connectivity index (χ3v) is 6.42. The van der Waals surface area contributed by atoms with Crippen LogP contribution in [0.5, 0.6) is 0 Å². The summed E-state index contributed by atoms with van der Waals surface area (Å²) in [6, 6.07) is 11.6. The average molecular weight is 412 g/mol. The molecule has 0 bridgehead atoms. The fourth-order valence-corrected chi connectivity index (χ4v) is 5.09. The fraction of sp³-hybridized carbons (Fsp3) is 0.143. The number of carbonyl (C=O) groups is 1. The van der Waals surface area contributed by atoms with Crippen molar-refractivity contribution in [3.8, 4) is 0 Å². The molecule has 4 nitrogen and oxygen atoms in total. The molecule has 0 aliphatic carbocycles. The van der Waals surface area contributed by atoms with Gasteiger partial charge in [0.15, 0.2) is 0 Å². The van der Waals surface area contributed by atoms with Gasteiger partial charge in [0.1, 0.15) is 11.5 Å². The molecule has 4 aromatic rings. The molecule has 1 aliphatic rings. The number of carbonyl (C=O) groups excluding carboxylic acids is 1. The van der Waals surface area contributed by atoms with Gasteiger partial charge in [-0.1, -0.05) is 23.7 Å². The largest absolute Gasteiger partial charge is 0.327 e. The summed E-state index contributed by atoms with van der Waals surface area (Å²) in [7, 11) is 0. The molecule has 1 amide bonds. The standard InChI is InChI=1S/C21H15ClFN3OS/c22-18-11-16-17(28-18)7-9-26(20(16)13-1-4-15(23)5-2-13)21(27)14-3-6-19-24-8-10-25(19)12-14/h1-6,8,10-12,20H,7,9H2. The molecule has 0 spiro atoms. The zero-order chi connectivity index (χ0) is 19.3. The van der Waals surface area contributed by atoms with E-state index in [1.54, 1.807) is 41.9 Å². The monoisotopic (exact) mass is 411 g/mol. The highest BCUT2D eigenvalue weighted by Crippen LogP contribution is 2.41. The van der Waals surface area contributed by atoms with Crippen molar-refractivity contribution in [2.45, 2.75) is 12.5 Å². The summed E-state index contributed by atoms with van der Waals surface area (Å²) < 4.78 is 16.0.